The molecule has 1 N–H and O–H groups in total. The molecular formula is C21H18Cl2N2O3. The number of para-hydroxylation sites is 1. The SMILES string of the molecule is CC(OC(=O)CCc1ccc2ccccc2n1)C(=O)Nc1cccc(Cl)c1Cl. The van der Waals surface area contributed by atoms with E-state index in [1.54, 1.807) is 18.2 Å². The molecule has 3 rings (SSSR count). The summed E-state index contributed by atoms with van der Waals surface area (Å²) in [6, 6.07) is 16.5. The molecule has 1 amide bonds. The van der Waals surface area contributed by atoms with Gasteiger partial charge < -0.3 is 10.1 Å². The molecule has 0 fully saturated rings. The van der Waals surface area contributed by atoms with Crippen LogP contribution in [0.25, 0.3) is 10.9 Å². The number of hydrogen-bond acceptors (Lipinski definition) is 4. The van der Waals surface area contributed by atoms with Gasteiger partial charge in [-0.3, -0.25) is 14.6 Å². The lowest BCUT2D eigenvalue weighted by Gasteiger charge is -2.14. The molecule has 0 radical (unpaired) electrons. The molecule has 28 heavy (non-hydrogen) atoms. The summed E-state index contributed by atoms with van der Waals surface area (Å²) in [5, 5.41) is 4.21. The second-order valence-corrected chi connectivity index (χ2v) is 7.00. The molecule has 7 heteroatoms. The van der Waals surface area contributed by atoms with Crippen molar-refractivity contribution in [3.63, 3.8) is 0 Å². The third kappa shape index (κ3) is 5.00. The number of hydrogen-bond donors (Lipinski definition) is 1. The van der Waals surface area contributed by atoms with Crippen LogP contribution in [0.5, 0.6) is 0 Å². The molecule has 1 aromatic heterocycles. The maximum Gasteiger partial charge on any atom is 0.306 e. The summed E-state index contributed by atoms with van der Waals surface area (Å²) in [6.07, 6.45) is -0.411. The number of ether oxygens (including phenoxy) is 1. The third-order valence-corrected chi connectivity index (χ3v) is 4.95. The summed E-state index contributed by atoms with van der Waals surface area (Å²) in [5.41, 5.74) is 2.03. The standard InChI is InChI=1S/C21H18Cl2N2O3/c1-13(21(27)25-18-8-4-6-16(22)20(18)23)28-19(26)12-11-15-10-9-14-5-2-3-7-17(14)24-15/h2-10,13H,11-12H2,1H3,(H,25,27). The van der Waals surface area contributed by atoms with Crippen LogP contribution in [0.2, 0.25) is 10.0 Å². The first kappa shape index (κ1) is 20.1. The van der Waals surface area contributed by atoms with Gasteiger partial charge in [0.05, 0.1) is 27.7 Å². The minimum absolute atomic E-state index is 0.126. The number of anilines is 1. The minimum atomic E-state index is -0.966. The van der Waals surface area contributed by atoms with E-state index >= 15 is 0 Å². The van der Waals surface area contributed by atoms with Crippen LogP contribution in [-0.4, -0.2) is 23.0 Å². The number of aromatic nitrogens is 1. The number of nitrogens with zero attached hydrogens (tertiary/aromatic N) is 1. The summed E-state index contributed by atoms with van der Waals surface area (Å²) in [5.74, 6) is -0.962. The number of carbonyl (C=O) groups excluding carboxylic acids is 2. The quantitative estimate of drug-likeness (QED) is 0.571. The van der Waals surface area contributed by atoms with Crippen molar-refractivity contribution in [2.24, 2.45) is 0 Å². The molecule has 0 spiro atoms. The highest BCUT2D eigenvalue weighted by Gasteiger charge is 2.19. The number of aryl methyl sites for hydroxylation is 1. The summed E-state index contributed by atoms with van der Waals surface area (Å²) in [4.78, 5) is 28.8. The Balaban J connectivity index is 1.53. The van der Waals surface area contributed by atoms with Crippen LogP contribution in [0, 0.1) is 0 Å². The number of nitrogens with one attached hydrogen (secondary N) is 1. The number of fused-ring (bicyclic) bond motifs is 1. The van der Waals surface area contributed by atoms with Gasteiger partial charge >= 0.3 is 5.97 Å². The van der Waals surface area contributed by atoms with E-state index in [4.69, 9.17) is 27.9 Å². The number of carbonyl (C=O) groups is 2. The highest BCUT2D eigenvalue weighted by atomic mass is 35.5. The molecule has 5 nitrogen and oxygen atoms in total. The molecule has 0 bridgehead atoms. The smallest absolute Gasteiger partial charge is 0.306 e. The first-order chi connectivity index (χ1) is 13.4. The fraction of sp³-hybridized carbons (Fsp3) is 0.190. The number of rotatable bonds is 6. The van der Waals surface area contributed by atoms with Gasteiger partial charge in [0, 0.05) is 17.5 Å². The number of esters is 1. The maximum atomic E-state index is 12.2. The first-order valence-electron chi connectivity index (χ1n) is 8.73. The van der Waals surface area contributed by atoms with Gasteiger partial charge in [0.15, 0.2) is 6.10 Å². The molecule has 0 aliphatic heterocycles. The van der Waals surface area contributed by atoms with Crippen molar-refractivity contribution >= 4 is 51.7 Å². The zero-order valence-corrected chi connectivity index (χ0v) is 16.6. The van der Waals surface area contributed by atoms with E-state index in [-0.39, 0.29) is 11.4 Å². The van der Waals surface area contributed by atoms with Gasteiger partial charge in [-0.15, -0.1) is 0 Å². The molecule has 1 unspecified atom stereocenters. The number of benzene rings is 2. The fourth-order valence-electron chi connectivity index (χ4n) is 2.62. The van der Waals surface area contributed by atoms with Crippen LogP contribution in [0.3, 0.4) is 0 Å². The Hall–Kier alpha value is -2.63. The van der Waals surface area contributed by atoms with E-state index in [0.29, 0.717) is 17.1 Å². The Bertz CT molecular complexity index is 1020. The first-order valence-corrected chi connectivity index (χ1v) is 9.48. The van der Waals surface area contributed by atoms with Gasteiger partial charge in [-0.05, 0) is 31.2 Å². The molecule has 0 saturated carbocycles. The number of pyridine rings is 1. The summed E-state index contributed by atoms with van der Waals surface area (Å²) in [6.45, 7) is 1.50. The van der Waals surface area contributed by atoms with Gasteiger partial charge in [0.25, 0.3) is 5.91 Å². The zero-order chi connectivity index (χ0) is 20.1. The van der Waals surface area contributed by atoms with Gasteiger partial charge in [0.1, 0.15) is 0 Å². The highest BCUT2D eigenvalue weighted by molar-refractivity contribution is 6.44. The molecule has 3 aromatic rings. The van der Waals surface area contributed by atoms with Crippen molar-refractivity contribution < 1.29 is 14.3 Å². The van der Waals surface area contributed by atoms with Crippen LogP contribution in [0.15, 0.2) is 54.6 Å². The largest absolute Gasteiger partial charge is 0.453 e. The molecule has 0 aliphatic carbocycles. The van der Waals surface area contributed by atoms with E-state index in [0.717, 1.165) is 16.6 Å². The summed E-state index contributed by atoms with van der Waals surface area (Å²) < 4.78 is 5.21. The normalized spacial score (nSPS) is 11.8. The van der Waals surface area contributed by atoms with Crippen molar-refractivity contribution in [2.45, 2.75) is 25.9 Å². The second kappa shape index (κ2) is 9.04. The van der Waals surface area contributed by atoms with Crippen molar-refractivity contribution in [2.75, 3.05) is 5.32 Å². The Morgan fingerprint density at radius 1 is 1.07 bits per heavy atom. The molecule has 144 valence electrons. The lowest BCUT2D eigenvalue weighted by atomic mass is 10.1. The van der Waals surface area contributed by atoms with E-state index in [1.807, 2.05) is 36.4 Å². The Labute approximate surface area is 172 Å². The molecule has 0 saturated heterocycles. The molecular weight excluding hydrogens is 399 g/mol. The van der Waals surface area contributed by atoms with Crippen LogP contribution in [-0.2, 0) is 20.7 Å². The van der Waals surface area contributed by atoms with E-state index in [1.165, 1.54) is 6.92 Å². The average molecular weight is 417 g/mol. The Morgan fingerprint density at radius 3 is 2.68 bits per heavy atom. The monoisotopic (exact) mass is 416 g/mol. The highest BCUT2D eigenvalue weighted by Crippen LogP contribution is 2.29. The van der Waals surface area contributed by atoms with Crippen LogP contribution < -0.4 is 5.32 Å². The number of amides is 1. The second-order valence-electron chi connectivity index (χ2n) is 6.22. The maximum absolute atomic E-state index is 12.2. The molecule has 2 aromatic carbocycles. The molecule has 0 aliphatic rings. The average Bonchev–Trinajstić information content (AvgIpc) is 2.69. The lowest BCUT2D eigenvalue weighted by Crippen LogP contribution is -2.30. The van der Waals surface area contributed by atoms with Gasteiger partial charge in [-0.2, -0.15) is 0 Å². The fourth-order valence-corrected chi connectivity index (χ4v) is 2.97. The van der Waals surface area contributed by atoms with Gasteiger partial charge in [-0.25, -0.2) is 0 Å². The van der Waals surface area contributed by atoms with Gasteiger partial charge in [0.2, 0.25) is 0 Å². The van der Waals surface area contributed by atoms with Crippen LogP contribution >= 0.6 is 23.2 Å². The zero-order valence-electron chi connectivity index (χ0n) is 15.1. The molecule has 1 heterocycles. The summed E-state index contributed by atoms with van der Waals surface area (Å²) >= 11 is 12.0. The van der Waals surface area contributed by atoms with E-state index < -0.39 is 18.0 Å². The minimum Gasteiger partial charge on any atom is -0.453 e. The molecule has 1 atom stereocenters. The predicted octanol–water partition coefficient (Wildman–Crippen LogP) is 5.04. The van der Waals surface area contributed by atoms with Crippen LogP contribution in [0.4, 0.5) is 5.69 Å². The topological polar surface area (TPSA) is 68.3 Å². The van der Waals surface area contributed by atoms with E-state index in [2.05, 4.69) is 10.3 Å². The van der Waals surface area contributed by atoms with Crippen molar-refractivity contribution in [3.05, 3.63) is 70.3 Å². The van der Waals surface area contributed by atoms with Crippen molar-refractivity contribution in [1.82, 2.24) is 4.98 Å². The van der Waals surface area contributed by atoms with Gasteiger partial charge in [-0.1, -0.05) is 53.5 Å². The Kier molecular flexibility index (Phi) is 6.49. The van der Waals surface area contributed by atoms with E-state index in [9.17, 15) is 9.59 Å². The summed E-state index contributed by atoms with van der Waals surface area (Å²) in [7, 11) is 0. The predicted molar refractivity (Wildman–Crippen MR) is 111 cm³/mol. The van der Waals surface area contributed by atoms with Crippen molar-refractivity contribution in [3.8, 4) is 0 Å². The van der Waals surface area contributed by atoms with Crippen molar-refractivity contribution in [1.29, 1.82) is 0 Å². The van der Waals surface area contributed by atoms with Crippen LogP contribution in [0.1, 0.15) is 19.0 Å². The Morgan fingerprint density at radius 2 is 1.86 bits per heavy atom. The number of halogens is 2. The third-order valence-electron chi connectivity index (χ3n) is 4.13. The lowest BCUT2D eigenvalue weighted by molar-refractivity contribution is -0.153.